The van der Waals surface area contributed by atoms with Crippen LogP contribution >= 0.6 is 12.2 Å². The van der Waals surface area contributed by atoms with Gasteiger partial charge in [0, 0.05) is 35.0 Å². The molecule has 0 saturated carbocycles. The van der Waals surface area contributed by atoms with E-state index in [4.69, 9.17) is 12.2 Å². The van der Waals surface area contributed by atoms with Gasteiger partial charge in [-0.3, -0.25) is 4.98 Å². The third-order valence-electron chi connectivity index (χ3n) is 5.16. The van der Waals surface area contributed by atoms with Crippen LogP contribution in [0.4, 0.5) is 14.5 Å². The Labute approximate surface area is 184 Å². The Balaban J connectivity index is 1.56. The Hall–Kier alpha value is -3.32. The molecule has 2 aromatic carbocycles. The summed E-state index contributed by atoms with van der Waals surface area (Å²) in [5.41, 5.74) is 4.41. The van der Waals surface area contributed by atoms with E-state index in [0.29, 0.717) is 30.3 Å². The summed E-state index contributed by atoms with van der Waals surface area (Å²) in [6.07, 6.45) is 2.40. The van der Waals surface area contributed by atoms with E-state index in [1.54, 1.807) is 30.5 Å². The van der Waals surface area contributed by atoms with Crippen LogP contribution in [-0.2, 0) is 13.0 Å². The molecule has 0 amide bonds. The van der Waals surface area contributed by atoms with Crippen LogP contribution in [0.25, 0.3) is 10.9 Å². The number of hydrogen-bond donors (Lipinski definition) is 2. The van der Waals surface area contributed by atoms with Crippen molar-refractivity contribution in [1.82, 2.24) is 14.9 Å². The van der Waals surface area contributed by atoms with Crippen LogP contribution in [0.2, 0.25) is 0 Å². The second-order valence-electron chi connectivity index (χ2n) is 7.35. The van der Waals surface area contributed by atoms with Crippen molar-refractivity contribution in [3.05, 3.63) is 95.4 Å². The van der Waals surface area contributed by atoms with Gasteiger partial charge in [-0.25, -0.2) is 8.78 Å². The standard InChI is InChI=1S/C24H22F2N4S/c1-16-21(22-14-18(26)8-9-23(22)28-16)10-12-30(15-20-6-2-3-11-27-20)24(31)29-19-7-4-5-17(25)13-19/h2-9,11,13-14,28H,10,12,15H2,1H3,(H,29,31). The van der Waals surface area contributed by atoms with Crippen LogP contribution in [-0.4, -0.2) is 26.5 Å². The van der Waals surface area contributed by atoms with E-state index in [1.165, 1.54) is 18.2 Å². The number of aromatic nitrogens is 2. The fourth-order valence-electron chi connectivity index (χ4n) is 3.63. The van der Waals surface area contributed by atoms with Gasteiger partial charge in [0.25, 0.3) is 0 Å². The van der Waals surface area contributed by atoms with Crippen LogP contribution in [0.1, 0.15) is 17.0 Å². The number of aromatic amines is 1. The summed E-state index contributed by atoms with van der Waals surface area (Å²) in [5, 5.41) is 4.46. The zero-order chi connectivity index (χ0) is 21.8. The van der Waals surface area contributed by atoms with E-state index in [9.17, 15) is 8.78 Å². The van der Waals surface area contributed by atoms with E-state index in [0.717, 1.165) is 27.9 Å². The van der Waals surface area contributed by atoms with Gasteiger partial charge in [-0.15, -0.1) is 0 Å². The summed E-state index contributed by atoms with van der Waals surface area (Å²) in [6.45, 7) is 3.07. The van der Waals surface area contributed by atoms with Gasteiger partial charge in [-0.05, 0) is 79.7 Å². The zero-order valence-corrected chi connectivity index (χ0v) is 17.8. The summed E-state index contributed by atoms with van der Waals surface area (Å²) in [6, 6.07) is 16.7. The normalized spacial score (nSPS) is 10.9. The molecule has 4 rings (SSSR count). The number of benzene rings is 2. The number of pyridine rings is 1. The lowest BCUT2D eigenvalue weighted by atomic mass is 10.1. The van der Waals surface area contributed by atoms with Crippen molar-refractivity contribution in [3.8, 4) is 0 Å². The molecule has 0 aliphatic carbocycles. The molecule has 7 heteroatoms. The number of fused-ring (bicyclic) bond motifs is 1. The average Bonchev–Trinajstić information content (AvgIpc) is 3.06. The number of rotatable bonds is 6. The van der Waals surface area contributed by atoms with E-state index in [2.05, 4.69) is 15.3 Å². The van der Waals surface area contributed by atoms with E-state index < -0.39 is 0 Å². The van der Waals surface area contributed by atoms with Gasteiger partial charge in [0.05, 0.1) is 12.2 Å². The van der Waals surface area contributed by atoms with Crippen molar-refractivity contribution in [2.45, 2.75) is 19.9 Å². The maximum Gasteiger partial charge on any atom is 0.173 e. The van der Waals surface area contributed by atoms with Crippen LogP contribution in [0.3, 0.4) is 0 Å². The number of nitrogens with zero attached hydrogens (tertiary/aromatic N) is 2. The first-order chi connectivity index (χ1) is 15.0. The predicted octanol–water partition coefficient (Wildman–Crippen LogP) is 5.59. The van der Waals surface area contributed by atoms with E-state index in [-0.39, 0.29) is 11.6 Å². The molecule has 2 N–H and O–H groups in total. The molecule has 0 radical (unpaired) electrons. The summed E-state index contributed by atoms with van der Waals surface area (Å²) in [7, 11) is 0. The van der Waals surface area contributed by atoms with E-state index in [1.807, 2.05) is 30.0 Å². The lowest BCUT2D eigenvalue weighted by Gasteiger charge is -2.26. The summed E-state index contributed by atoms with van der Waals surface area (Å²) in [5.74, 6) is -0.595. The van der Waals surface area contributed by atoms with Crippen LogP contribution in [0, 0.1) is 18.6 Å². The smallest absolute Gasteiger partial charge is 0.173 e. The Morgan fingerprint density at radius 1 is 1.06 bits per heavy atom. The van der Waals surface area contributed by atoms with Crippen molar-refractivity contribution in [1.29, 1.82) is 0 Å². The molecular formula is C24H22F2N4S. The minimum Gasteiger partial charge on any atom is -0.358 e. The third kappa shape index (κ3) is 5.06. The molecule has 2 heterocycles. The number of hydrogen-bond acceptors (Lipinski definition) is 2. The summed E-state index contributed by atoms with van der Waals surface area (Å²) in [4.78, 5) is 9.70. The van der Waals surface area contributed by atoms with Gasteiger partial charge < -0.3 is 15.2 Å². The number of halogens is 2. The van der Waals surface area contributed by atoms with Gasteiger partial charge in [-0.2, -0.15) is 0 Å². The Morgan fingerprint density at radius 3 is 2.68 bits per heavy atom. The maximum atomic E-state index is 13.8. The SMILES string of the molecule is Cc1[nH]c2ccc(F)cc2c1CCN(Cc1ccccn1)C(=S)Nc1cccc(F)c1. The molecule has 0 saturated heterocycles. The highest BCUT2D eigenvalue weighted by Gasteiger charge is 2.15. The molecule has 0 unspecified atom stereocenters. The second kappa shape index (κ2) is 9.22. The van der Waals surface area contributed by atoms with Gasteiger partial charge in [-0.1, -0.05) is 12.1 Å². The van der Waals surface area contributed by atoms with Crippen molar-refractivity contribution < 1.29 is 8.78 Å². The monoisotopic (exact) mass is 436 g/mol. The fourth-order valence-corrected chi connectivity index (χ4v) is 3.91. The maximum absolute atomic E-state index is 13.8. The Morgan fingerprint density at radius 2 is 1.90 bits per heavy atom. The van der Waals surface area contributed by atoms with Crippen molar-refractivity contribution in [2.24, 2.45) is 0 Å². The molecule has 4 nitrogen and oxygen atoms in total. The lowest BCUT2D eigenvalue weighted by molar-refractivity contribution is 0.417. The molecular weight excluding hydrogens is 414 g/mol. The second-order valence-corrected chi connectivity index (χ2v) is 7.74. The largest absolute Gasteiger partial charge is 0.358 e. The highest BCUT2D eigenvalue weighted by Crippen LogP contribution is 2.24. The van der Waals surface area contributed by atoms with E-state index >= 15 is 0 Å². The zero-order valence-electron chi connectivity index (χ0n) is 17.0. The van der Waals surface area contributed by atoms with Gasteiger partial charge in [0.1, 0.15) is 11.6 Å². The first-order valence-corrected chi connectivity index (χ1v) is 10.4. The first-order valence-electron chi connectivity index (χ1n) is 9.98. The number of nitrogens with one attached hydrogen (secondary N) is 2. The van der Waals surface area contributed by atoms with Crippen molar-refractivity contribution in [2.75, 3.05) is 11.9 Å². The molecule has 0 aliphatic rings. The fraction of sp³-hybridized carbons (Fsp3) is 0.167. The molecule has 0 bridgehead atoms. The summed E-state index contributed by atoms with van der Waals surface area (Å²) < 4.78 is 27.4. The minimum absolute atomic E-state index is 0.263. The first kappa shape index (κ1) is 20.9. The molecule has 0 fully saturated rings. The molecule has 0 spiro atoms. The number of thiocarbonyl (C=S) groups is 1. The van der Waals surface area contributed by atoms with Crippen molar-refractivity contribution >= 4 is 33.9 Å². The third-order valence-corrected chi connectivity index (χ3v) is 5.52. The van der Waals surface area contributed by atoms with Gasteiger partial charge >= 0.3 is 0 Å². The van der Waals surface area contributed by atoms with Crippen LogP contribution < -0.4 is 5.32 Å². The molecule has 158 valence electrons. The summed E-state index contributed by atoms with van der Waals surface area (Å²) >= 11 is 5.64. The Bertz CT molecular complexity index is 1210. The topological polar surface area (TPSA) is 44.0 Å². The Kier molecular flexibility index (Phi) is 6.23. The van der Waals surface area contributed by atoms with Crippen LogP contribution in [0.15, 0.2) is 66.9 Å². The lowest BCUT2D eigenvalue weighted by Crippen LogP contribution is -2.36. The predicted molar refractivity (Wildman–Crippen MR) is 124 cm³/mol. The average molecular weight is 437 g/mol. The van der Waals surface area contributed by atoms with Crippen molar-refractivity contribution in [3.63, 3.8) is 0 Å². The molecule has 0 atom stereocenters. The quantitative estimate of drug-likeness (QED) is 0.387. The molecule has 4 aromatic rings. The highest BCUT2D eigenvalue weighted by molar-refractivity contribution is 7.80. The molecule has 31 heavy (non-hydrogen) atoms. The van der Waals surface area contributed by atoms with Gasteiger partial charge in [0.2, 0.25) is 0 Å². The number of aryl methyl sites for hydroxylation is 1. The van der Waals surface area contributed by atoms with Crippen LogP contribution in [0.5, 0.6) is 0 Å². The molecule has 0 aliphatic heterocycles. The van der Waals surface area contributed by atoms with Gasteiger partial charge in [0.15, 0.2) is 5.11 Å². The minimum atomic E-state index is -0.333. The highest BCUT2D eigenvalue weighted by atomic mass is 32.1. The number of anilines is 1. The number of H-pyrrole nitrogens is 1. The molecule has 2 aromatic heterocycles.